The van der Waals surface area contributed by atoms with Crippen LogP contribution in [0.3, 0.4) is 0 Å². The average molecular weight is 511 g/mol. The van der Waals surface area contributed by atoms with Gasteiger partial charge in [-0.3, -0.25) is 4.79 Å². The van der Waals surface area contributed by atoms with Gasteiger partial charge < -0.3 is 9.47 Å². The van der Waals surface area contributed by atoms with E-state index in [9.17, 15) is 4.79 Å². The van der Waals surface area contributed by atoms with E-state index in [1.165, 1.54) is 11.1 Å². The molecule has 4 aromatic carbocycles. The molecule has 5 nitrogen and oxygen atoms in total. The zero-order valence-electron chi connectivity index (χ0n) is 20.8. The Balaban J connectivity index is 1.28. The lowest BCUT2D eigenvalue weighted by molar-refractivity contribution is 0.0955. The molecule has 0 heterocycles. The maximum Gasteiger partial charge on any atom is 0.271 e. The molecule has 0 aliphatic carbocycles. The highest BCUT2D eigenvalue weighted by Crippen LogP contribution is 2.29. The SMILES string of the molecule is CCOc1cc(/C=N/NC(=O)c2ccc(CSCc3ccccc3)cc2)ccc1OCc1ccccc1. The third-order valence-corrected chi connectivity index (χ3v) is 6.56. The fourth-order valence-corrected chi connectivity index (χ4v) is 4.53. The van der Waals surface area contributed by atoms with Gasteiger partial charge in [0, 0.05) is 17.1 Å². The third-order valence-electron chi connectivity index (χ3n) is 5.48. The number of thioether (sulfide) groups is 1. The second-order valence-corrected chi connectivity index (χ2v) is 9.27. The summed E-state index contributed by atoms with van der Waals surface area (Å²) in [6, 6.07) is 33.6. The Hall–Kier alpha value is -4.03. The minimum Gasteiger partial charge on any atom is -0.490 e. The summed E-state index contributed by atoms with van der Waals surface area (Å²) in [6.45, 7) is 2.89. The van der Waals surface area contributed by atoms with E-state index in [0.29, 0.717) is 30.3 Å². The first kappa shape index (κ1) is 26.0. The number of carbonyl (C=O) groups excluding carboxylic acids is 1. The standard InChI is InChI=1S/C31H30N2O3S/c1-2-35-30-19-27(15-18-29(30)36-21-24-9-5-3-6-10-24)20-32-33-31(34)28-16-13-26(14-17-28)23-37-22-25-11-7-4-8-12-25/h3-20H,2,21-23H2,1H3,(H,33,34)/b32-20+. The van der Waals surface area contributed by atoms with Crippen LogP contribution in [0, 0.1) is 0 Å². The first-order chi connectivity index (χ1) is 18.2. The van der Waals surface area contributed by atoms with Crippen LogP contribution in [0.15, 0.2) is 108 Å². The number of rotatable bonds is 12. The molecule has 6 heteroatoms. The molecule has 0 aliphatic rings. The Bertz CT molecular complexity index is 1290. The monoisotopic (exact) mass is 510 g/mol. The fraction of sp³-hybridized carbons (Fsp3) is 0.161. The first-order valence-electron chi connectivity index (χ1n) is 12.2. The fourth-order valence-electron chi connectivity index (χ4n) is 3.57. The molecular formula is C31H30N2O3S. The van der Waals surface area contributed by atoms with Crippen molar-refractivity contribution in [3.63, 3.8) is 0 Å². The van der Waals surface area contributed by atoms with Gasteiger partial charge in [0.1, 0.15) is 6.61 Å². The van der Waals surface area contributed by atoms with Crippen molar-refractivity contribution in [3.8, 4) is 11.5 Å². The number of hydrogen-bond acceptors (Lipinski definition) is 5. The molecule has 0 bridgehead atoms. The molecule has 0 saturated carbocycles. The molecule has 0 aliphatic heterocycles. The summed E-state index contributed by atoms with van der Waals surface area (Å²) in [5, 5.41) is 4.12. The molecule has 188 valence electrons. The van der Waals surface area contributed by atoms with Crippen molar-refractivity contribution >= 4 is 23.9 Å². The molecule has 0 saturated heterocycles. The van der Waals surface area contributed by atoms with Gasteiger partial charge in [-0.25, -0.2) is 5.43 Å². The van der Waals surface area contributed by atoms with Crippen molar-refractivity contribution in [3.05, 3.63) is 131 Å². The van der Waals surface area contributed by atoms with Gasteiger partial charge in [0.2, 0.25) is 0 Å². The summed E-state index contributed by atoms with van der Waals surface area (Å²) >= 11 is 1.85. The molecule has 0 radical (unpaired) electrons. The van der Waals surface area contributed by atoms with Crippen LogP contribution in [0.25, 0.3) is 0 Å². The molecule has 0 spiro atoms. The van der Waals surface area contributed by atoms with Crippen LogP contribution >= 0.6 is 11.8 Å². The molecular weight excluding hydrogens is 480 g/mol. The topological polar surface area (TPSA) is 59.9 Å². The summed E-state index contributed by atoms with van der Waals surface area (Å²) in [5.74, 6) is 2.89. The zero-order valence-corrected chi connectivity index (χ0v) is 21.6. The van der Waals surface area contributed by atoms with E-state index >= 15 is 0 Å². The highest BCUT2D eigenvalue weighted by molar-refractivity contribution is 7.97. The minimum atomic E-state index is -0.257. The van der Waals surface area contributed by atoms with Crippen LogP contribution in [-0.4, -0.2) is 18.7 Å². The lowest BCUT2D eigenvalue weighted by Crippen LogP contribution is -2.17. The molecule has 0 aromatic heterocycles. The summed E-state index contributed by atoms with van der Waals surface area (Å²) in [6.07, 6.45) is 1.59. The number of hydrogen-bond donors (Lipinski definition) is 1. The van der Waals surface area contributed by atoms with Crippen molar-refractivity contribution < 1.29 is 14.3 Å². The van der Waals surface area contributed by atoms with E-state index < -0.39 is 0 Å². The number of hydrazone groups is 1. The highest BCUT2D eigenvalue weighted by Gasteiger charge is 2.08. The number of benzene rings is 4. The number of ether oxygens (including phenoxy) is 2. The van der Waals surface area contributed by atoms with E-state index in [1.54, 1.807) is 6.21 Å². The predicted molar refractivity (Wildman–Crippen MR) is 151 cm³/mol. The van der Waals surface area contributed by atoms with Gasteiger partial charge in [0.25, 0.3) is 5.91 Å². The van der Waals surface area contributed by atoms with Gasteiger partial charge in [-0.1, -0.05) is 72.8 Å². The first-order valence-corrected chi connectivity index (χ1v) is 13.3. The number of nitrogens with one attached hydrogen (secondary N) is 1. The van der Waals surface area contributed by atoms with Crippen LogP contribution in [0.2, 0.25) is 0 Å². The lowest BCUT2D eigenvalue weighted by Gasteiger charge is -2.12. The Kier molecular flexibility index (Phi) is 9.78. The van der Waals surface area contributed by atoms with Gasteiger partial charge in [-0.2, -0.15) is 16.9 Å². The van der Waals surface area contributed by atoms with E-state index in [2.05, 4.69) is 34.8 Å². The summed E-state index contributed by atoms with van der Waals surface area (Å²) < 4.78 is 11.7. The van der Waals surface area contributed by atoms with E-state index in [4.69, 9.17) is 9.47 Å². The van der Waals surface area contributed by atoms with Gasteiger partial charge in [-0.05, 0) is 59.5 Å². The number of amides is 1. The number of carbonyl (C=O) groups is 1. The van der Waals surface area contributed by atoms with Crippen molar-refractivity contribution in [1.82, 2.24) is 5.43 Å². The average Bonchev–Trinajstić information content (AvgIpc) is 2.94. The van der Waals surface area contributed by atoms with Crippen LogP contribution < -0.4 is 14.9 Å². The maximum atomic E-state index is 12.5. The van der Waals surface area contributed by atoms with Crippen LogP contribution in [0.5, 0.6) is 11.5 Å². The Morgan fingerprint density at radius 1 is 0.784 bits per heavy atom. The lowest BCUT2D eigenvalue weighted by atomic mass is 10.1. The maximum absolute atomic E-state index is 12.5. The van der Waals surface area contributed by atoms with Crippen LogP contribution in [0.4, 0.5) is 0 Å². The second-order valence-electron chi connectivity index (χ2n) is 8.29. The molecule has 0 atom stereocenters. The molecule has 37 heavy (non-hydrogen) atoms. The van der Waals surface area contributed by atoms with Gasteiger partial charge in [-0.15, -0.1) is 0 Å². The summed E-state index contributed by atoms with van der Waals surface area (Å²) in [7, 11) is 0. The number of nitrogens with zero attached hydrogens (tertiary/aromatic N) is 1. The smallest absolute Gasteiger partial charge is 0.271 e. The Morgan fingerprint density at radius 3 is 2.11 bits per heavy atom. The zero-order chi connectivity index (χ0) is 25.7. The van der Waals surface area contributed by atoms with Crippen molar-refractivity contribution in [2.45, 2.75) is 25.0 Å². The summed E-state index contributed by atoms with van der Waals surface area (Å²) in [4.78, 5) is 12.5. The highest BCUT2D eigenvalue weighted by atomic mass is 32.2. The van der Waals surface area contributed by atoms with Crippen molar-refractivity contribution in [2.24, 2.45) is 5.10 Å². The minimum absolute atomic E-state index is 0.257. The van der Waals surface area contributed by atoms with Crippen molar-refractivity contribution in [2.75, 3.05) is 6.61 Å². The Morgan fingerprint density at radius 2 is 1.43 bits per heavy atom. The summed E-state index contributed by atoms with van der Waals surface area (Å²) in [5.41, 5.74) is 7.52. The van der Waals surface area contributed by atoms with Gasteiger partial charge >= 0.3 is 0 Å². The largest absolute Gasteiger partial charge is 0.490 e. The van der Waals surface area contributed by atoms with E-state index in [0.717, 1.165) is 22.6 Å². The molecule has 0 fully saturated rings. The predicted octanol–water partition coefficient (Wildman–Crippen LogP) is 6.86. The molecule has 1 amide bonds. The molecule has 4 rings (SSSR count). The van der Waals surface area contributed by atoms with Gasteiger partial charge in [0.05, 0.1) is 12.8 Å². The van der Waals surface area contributed by atoms with E-state index in [-0.39, 0.29) is 5.91 Å². The van der Waals surface area contributed by atoms with Crippen LogP contribution in [0.1, 0.15) is 39.5 Å². The third kappa shape index (κ3) is 8.26. The quantitative estimate of drug-likeness (QED) is 0.167. The molecule has 4 aromatic rings. The van der Waals surface area contributed by atoms with Crippen molar-refractivity contribution in [1.29, 1.82) is 0 Å². The van der Waals surface area contributed by atoms with E-state index in [1.807, 2.05) is 97.5 Å². The second kappa shape index (κ2) is 13.9. The van der Waals surface area contributed by atoms with Gasteiger partial charge in [0.15, 0.2) is 11.5 Å². The Labute approximate surface area is 222 Å². The van der Waals surface area contributed by atoms with Crippen LogP contribution in [-0.2, 0) is 18.1 Å². The molecule has 0 unspecified atom stereocenters. The molecule has 1 N–H and O–H groups in total. The normalized spacial score (nSPS) is 10.8.